The lowest BCUT2D eigenvalue weighted by Crippen LogP contribution is -2.63. The minimum atomic E-state index is -0.0383. The standard InChI is InChI=1S/C14H20ClN5O/c15-14-12(2-1-3-17-14)18-13(21)10-19-8-11(9-19)20-6-4-16-5-7-20/h1-3,11,16H,4-10H2,(H,18,21). The van der Waals surface area contributed by atoms with E-state index in [0.29, 0.717) is 23.4 Å². The summed E-state index contributed by atoms with van der Waals surface area (Å²) in [6.45, 7) is 6.69. The first-order valence-corrected chi connectivity index (χ1v) is 7.67. The van der Waals surface area contributed by atoms with Crippen LogP contribution in [0.3, 0.4) is 0 Å². The zero-order valence-electron chi connectivity index (χ0n) is 11.9. The van der Waals surface area contributed by atoms with Gasteiger partial charge in [-0.3, -0.25) is 14.6 Å². The zero-order chi connectivity index (χ0) is 14.7. The molecule has 0 aliphatic carbocycles. The maximum Gasteiger partial charge on any atom is 0.238 e. The fraction of sp³-hybridized carbons (Fsp3) is 0.571. The number of likely N-dealkylation sites (tertiary alicyclic amines) is 1. The molecule has 0 atom stereocenters. The predicted molar refractivity (Wildman–Crippen MR) is 82.5 cm³/mol. The molecule has 2 saturated heterocycles. The van der Waals surface area contributed by atoms with E-state index in [9.17, 15) is 4.79 Å². The van der Waals surface area contributed by atoms with E-state index in [1.807, 2.05) is 0 Å². The number of amides is 1. The average molecular weight is 310 g/mol. The monoisotopic (exact) mass is 309 g/mol. The molecule has 6 nitrogen and oxygen atoms in total. The lowest BCUT2D eigenvalue weighted by Gasteiger charge is -2.46. The minimum absolute atomic E-state index is 0.0383. The Morgan fingerprint density at radius 1 is 1.43 bits per heavy atom. The van der Waals surface area contributed by atoms with Crippen LogP contribution in [-0.4, -0.2) is 72.5 Å². The van der Waals surface area contributed by atoms with Gasteiger partial charge < -0.3 is 10.6 Å². The van der Waals surface area contributed by atoms with Crippen LogP contribution in [0.5, 0.6) is 0 Å². The molecule has 114 valence electrons. The molecule has 0 radical (unpaired) electrons. The molecule has 7 heteroatoms. The molecule has 0 unspecified atom stereocenters. The summed E-state index contributed by atoms with van der Waals surface area (Å²) < 4.78 is 0. The Morgan fingerprint density at radius 2 is 2.19 bits per heavy atom. The number of nitrogens with one attached hydrogen (secondary N) is 2. The molecular weight excluding hydrogens is 290 g/mol. The normalized spacial score (nSPS) is 21.0. The number of hydrogen-bond donors (Lipinski definition) is 2. The maximum atomic E-state index is 12.0. The lowest BCUT2D eigenvalue weighted by atomic mass is 10.1. The molecular formula is C14H20ClN5O. The Morgan fingerprint density at radius 3 is 2.90 bits per heavy atom. The maximum absolute atomic E-state index is 12.0. The fourth-order valence-electron chi connectivity index (χ4n) is 2.82. The molecule has 1 aromatic rings. The van der Waals surface area contributed by atoms with Crippen LogP contribution in [0.4, 0.5) is 5.69 Å². The number of carbonyl (C=O) groups is 1. The van der Waals surface area contributed by atoms with Crippen molar-refractivity contribution in [1.82, 2.24) is 20.1 Å². The third-order valence-corrected chi connectivity index (χ3v) is 4.31. The molecule has 2 N–H and O–H groups in total. The molecule has 3 rings (SSSR count). The van der Waals surface area contributed by atoms with E-state index in [4.69, 9.17) is 11.6 Å². The summed E-state index contributed by atoms with van der Waals surface area (Å²) in [5.74, 6) is -0.0383. The number of piperazine rings is 1. The van der Waals surface area contributed by atoms with Gasteiger partial charge in [-0.15, -0.1) is 0 Å². The van der Waals surface area contributed by atoms with Crippen LogP contribution in [0.1, 0.15) is 0 Å². The quantitative estimate of drug-likeness (QED) is 0.782. The number of carbonyl (C=O) groups excluding carboxylic acids is 1. The first-order valence-electron chi connectivity index (χ1n) is 7.30. The van der Waals surface area contributed by atoms with Crippen LogP contribution in [0, 0.1) is 0 Å². The summed E-state index contributed by atoms with van der Waals surface area (Å²) >= 11 is 5.93. The van der Waals surface area contributed by atoms with Gasteiger partial charge in [0.2, 0.25) is 5.91 Å². The topological polar surface area (TPSA) is 60.5 Å². The number of nitrogens with zero attached hydrogens (tertiary/aromatic N) is 3. The van der Waals surface area contributed by atoms with E-state index in [1.54, 1.807) is 18.3 Å². The highest BCUT2D eigenvalue weighted by Gasteiger charge is 2.33. The highest BCUT2D eigenvalue weighted by Crippen LogP contribution is 2.18. The van der Waals surface area contributed by atoms with E-state index >= 15 is 0 Å². The third-order valence-electron chi connectivity index (χ3n) is 4.01. The molecule has 21 heavy (non-hydrogen) atoms. The highest BCUT2D eigenvalue weighted by atomic mass is 35.5. The van der Waals surface area contributed by atoms with E-state index < -0.39 is 0 Å². The van der Waals surface area contributed by atoms with Gasteiger partial charge in [0.1, 0.15) is 0 Å². The van der Waals surface area contributed by atoms with Crippen LogP contribution < -0.4 is 10.6 Å². The van der Waals surface area contributed by atoms with E-state index in [1.165, 1.54) is 0 Å². The van der Waals surface area contributed by atoms with Crippen molar-refractivity contribution in [3.8, 4) is 0 Å². The van der Waals surface area contributed by atoms with Crippen LogP contribution in [-0.2, 0) is 4.79 Å². The van der Waals surface area contributed by atoms with Crippen molar-refractivity contribution in [2.24, 2.45) is 0 Å². The molecule has 0 saturated carbocycles. The number of aromatic nitrogens is 1. The Balaban J connectivity index is 1.42. The summed E-state index contributed by atoms with van der Waals surface area (Å²) in [4.78, 5) is 20.6. The molecule has 0 bridgehead atoms. The van der Waals surface area contributed by atoms with Crippen molar-refractivity contribution in [2.75, 3.05) is 51.1 Å². The van der Waals surface area contributed by atoms with Crippen molar-refractivity contribution in [3.05, 3.63) is 23.5 Å². The van der Waals surface area contributed by atoms with Gasteiger partial charge >= 0.3 is 0 Å². The summed E-state index contributed by atoms with van der Waals surface area (Å²) in [7, 11) is 0. The van der Waals surface area contributed by atoms with Crippen LogP contribution in [0.2, 0.25) is 5.15 Å². The smallest absolute Gasteiger partial charge is 0.238 e. The lowest BCUT2D eigenvalue weighted by molar-refractivity contribution is -0.119. The van der Waals surface area contributed by atoms with Gasteiger partial charge in [-0.2, -0.15) is 0 Å². The first-order chi connectivity index (χ1) is 10.2. The highest BCUT2D eigenvalue weighted by molar-refractivity contribution is 6.32. The second-order valence-corrected chi connectivity index (χ2v) is 5.88. The Bertz CT molecular complexity index is 500. The summed E-state index contributed by atoms with van der Waals surface area (Å²) in [5.41, 5.74) is 0.573. The predicted octanol–water partition coefficient (Wildman–Crippen LogP) is 0.263. The Kier molecular flexibility index (Phi) is 4.70. The van der Waals surface area contributed by atoms with Crippen molar-refractivity contribution in [3.63, 3.8) is 0 Å². The molecule has 2 fully saturated rings. The molecule has 0 aromatic carbocycles. The molecule has 3 heterocycles. The van der Waals surface area contributed by atoms with Crippen molar-refractivity contribution < 1.29 is 4.79 Å². The van der Waals surface area contributed by atoms with Crippen molar-refractivity contribution in [1.29, 1.82) is 0 Å². The van der Waals surface area contributed by atoms with Crippen molar-refractivity contribution >= 4 is 23.2 Å². The number of hydrogen-bond acceptors (Lipinski definition) is 5. The molecule has 1 amide bonds. The molecule has 1 aromatic heterocycles. The van der Waals surface area contributed by atoms with Crippen LogP contribution in [0.15, 0.2) is 18.3 Å². The van der Waals surface area contributed by atoms with Crippen LogP contribution in [0.25, 0.3) is 0 Å². The number of pyridine rings is 1. The zero-order valence-corrected chi connectivity index (χ0v) is 12.6. The second kappa shape index (κ2) is 6.70. The van der Waals surface area contributed by atoms with Gasteiger partial charge in [-0.1, -0.05) is 11.6 Å². The van der Waals surface area contributed by atoms with Crippen molar-refractivity contribution in [2.45, 2.75) is 6.04 Å². The summed E-state index contributed by atoms with van der Waals surface area (Å²) in [6.07, 6.45) is 1.60. The Hall–Kier alpha value is -1.21. The molecule has 0 spiro atoms. The first kappa shape index (κ1) is 14.7. The number of halogens is 1. The summed E-state index contributed by atoms with van der Waals surface area (Å²) in [6, 6.07) is 4.11. The van der Waals surface area contributed by atoms with Crippen LogP contribution >= 0.6 is 11.6 Å². The minimum Gasteiger partial charge on any atom is -0.322 e. The van der Waals surface area contributed by atoms with E-state index in [0.717, 1.165) is 39.3 Å². The summed E-state index contributed by atoms with van der Waals surface area (Å²) in [5, 5.41) is 6.49. The average Bonchev–Trinajstić information content (AvgIpc) is 2.46. The third kappa shape index (κ3) is 3.71. The van der Waals surface area contributed by atoms with Gasteiger partial charge in [0.15, 0.2) is 5.15 Å². The molecule has 2 aliphatic rings. The van der Waals surface area contributed by atoms with Gasteiger partial charge in [-0.05, 0) is 12.1 Å². The van der Waals surface area contributed by atoms with Gasteiger partial charge in [0.05, 0.1) is 12.2 Å². The van der Waals surface area contributed by atoms with E-state index in [2.05, 4.69) is 25.4 Å². The SMILES string of the molecule is O=C(CN1CC(N2CCNCC2)C1)Nc1cccnc1Cl. The molecule has 2 aliphatic heterocycles. The second-order valence-electron chi connectivity index (χ2n) is 5.52. The van der Waals surface area contributed by atoms with Gasteiger partial charge in [0.25, 0.3) is 0 Å². The van der Waals surface area contributed by atoms with Gasteiger partial charge in [-0.25, -0.2) is 4.98 Å². The fourth-order valence-corrected chi connectivity index (χ4v) is 2.99. The Labute approximate surface area is 129 Å². The number of anilines is 1. The largest absolute Gasteiger partial charge is 0.322 e. The van der Waals surface area contributed by atoms with E-state index in [-0.39, 0.29) is 5.91 Å². The van der Waals surface area contributed by atoms with Gasteiger partial charge in [0, 0.05) is 51.5 Å². The number of rotatable bonds is 4.